The Hall–Kier alpha value is -4.14. The summed E-state index contributed by atoms with van der Waals surface area (Å²) in [4.78, 5) is 19.3. The van der Waals surface area contributed by atoms with Crippen LogP contribution in [0.1, 0.15) is 50.9 Å². The molecule has 2 aromatic heterocycles. The van der Waals surface area contributed by atoms with E-state index in [0.29, 0.717) is 42.3 Å². The maximum Gasteiger partial charge on any atom is 0.253 e. The van der Waals surface area contributed by atoms with Crippen LogP contribution in [0.5, 0.6) is 0 Å². The van der Waals surface area contributed by atoms with Gasteiger partial charge >= 0.3 is 0 Å². The molecule has 5 rings (SSSR count). The number of benzene rings is 3. The lowest BCUT2D eigenvalue weighted by Gasteiger charge is -2.26. The number of nitrogens with zero attached hydrogens (tertiary/aromatic N) is 4. The smallest absolute Gasteiger partial charge is 0.253 e. The van der Waals surface area contributed by atoms with Gasteiger partial charge in [0.25, 0.3) is 5.91 Å². The van der Waals surface area contributed by atoms with Crippen molar-refractivity contribution in [1.29, 1.82) is 0 Å². The number of rotatable bonds is 11. The number of aromatic nitrogens is 3. The van der Waals surface area contributed by atoms with Crippen LogP contribution in [0.4, 0.5) is 0 Å². The van der Waals surface area contributed by atoms with E-state index in [0.717, 1.165) is 29.1 Å². The summed E-state index contributed by atoms with van der Waals surface area (Å²) < 4.78 is 6.22. The third kappa shape index (κ3) is 6.70. The molecule has 2 N–H and O–H groups in total. The minimum Gasteiger partial charge on any atom is -0.419 e. The normalized spacial score (nSPS) is 12.7. The Labute approximate surface area is 238 Å². The molecule has 0 aliphatic carbocycles. The number of hydrogen-bond donors (Lipinski definition) is 1. The zero-order valence-electron chi connectivity index (χ0n) is 22.8. The second-order valence-corrected chi connectivity index (χ2v) is 11.1. The van der Waals surface area contributed by atoms with Crippen LogP contribution in [0, 0.1) is 6.92 Å². The van der Waals surface area contributed by atoms with Crippen LogP contribution >= 0.6 is 11.3 Å². The van der Waals surface area contributed by atoms with Gasteiger partial charge in [-0.3, -0.25) is 4.79 Å². The summed E-state index contributed by atoms with van der Waals surface area (Å²) in [5, 5.41) is 11.6. The van der Waals surface area contributed by atoms with Gasteiger partial charge in [-0.05, 0) is 61.9 Å². The summed E-state index contributed by atoms with van der Waals surface area (Å²) in [6.45, 7) is 2.40. The first-order valence-corrected chi connectivity index (χ1v) is 14.3. The number of amides is 1. The highest BCUT2D eigenvalue weighted by Gasteiger charge is 2.34. The van der Waals surface area contributed by atoms with E-state index in [2.05, 4.69) is 51.6 Å². The molecule has 1 atom stereocenters. The first kappa shape index (κ1) is 27.4. The van der Waals surface area contributed by atoms with Crippen LogP contribution in [-0.4, -0.2) is 33.0 Å². The lowest BCUT2D eigenvalue weighted by Crippen LogP contribution is -2.39. The van der Waals surface area contributed by atoms with E-state index in [1.165, 1.54) is 5.56 Å². The van der Waals surface area contributed by atoms with E-state index in [1.54, 1.807) is 35.4 Å². The van der Waals surface area contributed by atoms with E-state index in [4.69, 9.17) is 10.2 Å². The van der Waals surface area contributed by atoms with Gasteiger partial charge in [0.05, 0.1) is 12.1 Å². The van der Waals surface area contributed by atoms with E-state index < -0.39 is 5.54 Å². The van der Waals surface area contributed by atoms with Crippen LogP contribution in [0.15, 0.2) is 94.7 Å². The molecule has 0 saturated heterocycles. The van der Waals surface area contributed by atoms with Crippen LogP contribution in [0.3, 0.4) is 0 Å². The molecule has 7 nitrogen and oxygen atoms in total. The van der Waals surface area contributed by atoms with Crippen molar-refractivity contribution >= 4 is 17.2 Å². The quantitative estimate of drug-likeness (QED) is 0.210. The van der Waals surface area contributed by atoms with Crippen LogP contribution in [-0.2, 0) is 24.9 Å². The van der Waals surface area contributed by atoms with E-state index in [9.17, 15) is 4.79 Å². The number of nitrogens with two attached hydrogens (primary N) is 1. The Morgan fingerprint density at radius 3 is 2.40 bits per heavy atom. The Kier molecular flexibility index (Phi) is 8.48. The van der Waals surface area contributed by atoms with E-state index in [1.807, 2.05) is 48.7 Å². The Morgan fingerprint density at radius 1 is 0.975 bits per heavy atom. The molecule has 0 radical (unpaired) electrons. The molecule has 3 aromatic carbocycles. The van der Waals surface area contributed by atoms with Gasteiger partial charge in [0.1, 0.15) is 5.01 Å². The molecule has 1 unspecified atom stereocenters. The van der Waals surface area contributed by atoms with Crippen molar-refractivity contribution in [2.75, 3.05) is 7.05 Å². The molecule has 204 valence electrons. The molecule has 0 fully saturated rings. The van der Waals surface area contributed by atoms with Crippen LogP contribution in [0.2, 0.25) is 0 Å². The molecule has 0 aliphatic heterocycles. The Bertz CT molecular complexity index is 1550. The monoisotopic (exact) mass is 551 g/mol. The molecule has 0 saturated carbocycles. The summed E-state index contributed by atoms with van der Waals surface area (Å²) in [5.41, 5.74) is 10.8. The molecule has 0 aliphatic rings. The third-order valence-electron chi connectivity index (χ3n) is 6.89. The largest absolute Gasteiger partial charge is 0.419 e. The number of carbonyl (C=O) groups is 1. The second-order valence-electron chi connectivity index (χ2n) is 10.2. The van der Waals surface area contributed by atoms with Gasteiger partial charge in [0.15, 0.2) is 0 Å². The molecule has 5 aromatic rings. The highest BCUT2D eigenvalue weighted by Crippen LogP contribution is 2.31. The Balaban J connectivity index is 1.35. The molecule has 0 spiro atoms. The lowest BCUT2D eigenvalue weighted by atomic mass is 9.86. The van der Waals surface area contributed by atoms with Gasteiger partial charge in [0, 0.05) is 29.2 Å². The number of hydrogen-bond acceptors (Lipinski definition) is 7. The van der Waals surface area contributed by atoms with Crippen molar-refractivity contribution in [2.45, 2.75) is 44.7 Å². The SMILES string of the molecule is Cc1csc(CN(C)C(=O)c2cccc(-c3nnc(C(N)(CCCc4ccccc4)Cc4ccccc4)o3)c2)n1. The summed E-state index contributed by atoms with van der Waals surface area (Å²) in [7, 11) is 1.78. The van der Waals surface area contributed by atoms with Crippen molar-refractivity contribution in [3.05, 3.63) is 124 Å². The fourth-order valence-electron chi connectivity index (χ4n) is 4.78. The predicted octanol–water partition coefficient (Wildman–Crippen LogP) is 6.19. The van der Waals surface area contributed by atoms with Crippen molar-refractivity contribution in [3.8, 4) is 11.5 Å². The number of carbonyl (C=O) groups excluding carboxylic acids is 1. The second kappa shape index (κ2) is 12.4. The zero-order valence-corrected chi connectivity index (χ0v) is 23.6. The van der Waals surface area contributed by atoms with Crippen molar-refractivity contribution in [2.24, 2.45) is 5.73 Å². The summed E-state index contributed by atoms with van der Waals surface area (Å²) in [5.74, 6) is 0.633. The molecule has 8 heteroatoms. The Morgan fingerprint density at radius 2 is 1.70 bits per heavy atom. The fourth-order valence-corrected chi connectivity index (χ4v) is 5.60. The zero-order chi connectivity index (χ0) is 28.0. The summed E-state index contributed by atoms with van der Waals surface area (Å²) in [6, 6.07) is 27.8. The van der Waals surface area contributed by atoms with Gasteiger partial charge in [-0.1, -0.05) is 66.7 Å². The summed E-state index contributed by atoms with van der Waals surface area (Å²) in [6.07, 6.45) is 3.04. The van der Waals surface area contributed by atoms with Crippen molar-refractivity contribution < 1.29 is 9.21 Å². The van der Waals surface area contributed by atoms with Gasteiger partial charge in [-0.25, -0.2) is 4.98 Å². The maximum absolute atomic E-state index is 13.2. The fraction of sp³-hybridized carbons (Fsp3) is 0.250. The first-order chi connectivity index (χ1) is 19.4. The predicted molar refractivity (Wildman–Crippen MR) is 158 cm³/mol. The first-order valence-electron chi connectivity index (χ1n) is 13.4. The average Bonchev–Trinajstić information content (AvgIpc) is 3.64. The standard InChI is InChI=1S/C32H33N5O2S/c1-23-22-40-28(34-23)21-37(2)30(38)27-17-9-16-26(19-27)29-35-36-31(39-29)32(33,20-25-13-7-4-8-14-25)18-10-15-24-11-5-3-6-12-24/h3-9,11-14,16-17,19,22H,10,15,18,20-21,33H2,1-2H3. The van der Waals surface area contributed by atoms with Gasteiger partial charge in [0.2, 0.25) is 11.8 Å². The maximum atomic E-state index is 13.2. The molecule has 1 amide bonds. The molecule has 2 heterocycles. The van der Waals surface area contributed by atoms with E-state index in [-0.39, 0.29) is 5.91 Å². The highest BCUT2D eigenvalue weighted by atomic mass is 32.1. The van der Waals surface area contributed by atoms with Crippen molar-refractivity contribution in [1.82, 2.24) is 20.1 Å². The third-order valence-corrected chi connectivity index (χ3v) is 7.84. The van der Waals surface area contributed by atoms with E-state index >= 15 is 0 Å². The van der Waals surface area contributed by atoms with Gasteiger partial charge < -0.3 is 15.1 Å². The molecular formula is C32H33N5O2S. The molecule has 40 heavy (non-hydrogen) atoms. The van der Waals surface area contributed by atoms with Gasteiger partial charge in [-0.2, -0.15) is 0 Å². The number of aryl methyl sites for hydroxylation is 2. The number of thiazole rings is 1. The minimum atomic E-state index is -0.832. The highest BCUT2D eigenvalue weighted by molar-refractivity contribution is 7.09. The van der Waals surface area contributed by atoms with Gasteiger partial charge in [-0.15, -0.1) is 21.5 Å². The topological polar surface area (TPSA) is 98.1 Å². The van der Waals surface area contributed by atoms with Crippen LogP contribution < -0.4 is 5.73 Å². The lowest BCUT2D eigenvalue weighted by molar-refractivity contribution is 0.0785. The molecule has 0 bridgehead atoms. The molecular weight excluding hydrogens is 518 g/mol. The summed E-state index contributed by atoms with van der Waals surface area (Å²) >= 11 is 1.55. The minimum absolute atomic E-state index is 0.104. The average molecular weight is 552 g/mol. The van der Waals surface area contributed by atoms with Crippen LogP contribution in [0.25, 0.3) is 11.5 Å². The van der Waals surface area contributed by atoms with Crippen molar-refractivity contribution in [3.63, 3.8) is 0 Å².